The lowest BCUT2D eigenvalue weighted by Gasteiger charge is -2.34. The molecule has 0 unspecified atom stereocenters. The number of esters is 2. The molecule has 0 atom stereocenters. The van der Waals surface area contributed by atoms with Gasteiger partial charge in [-0.2, -0.15) is 0 Å². The van der Waals surface area contributed by atoms with Crippen molar-refractivity contribution in [3.63, 3.8) is 0 Å². The summed E-state index contributed by atoms with van der Waals surface area (Å²) in [6.45, 7) is 15.9. The summed E-state index contributed by atoms with van der Waals surface area (Å²) in [5.74, 6) is 4.76. The number of hydrogen-bond donors (Lipinski definition) is 0. The highest BCUT2D eigenvalue weighted by atomic mass is 32.1. The Morgan fingerprint density at radius 3 is 0.835 bits per heavy atom. The Bertz CT molecular complexity index is 6980. The lowest BCUT2D eigenvalue weighted by molar-refractivity contribution is 0.0592. The van der Waals surface area contributed by atoms with E-state index in [1.807, 2.05) is 146 Å². The van der Waals surface area contributed by atoms with Crippen molar-refractivity contribution in [1.29, 1.82) is 0 Å². The largest absolute Gasteiger partial charge is 0.465 e. The molecule has 17 aromatic carbocycles. The van der Waals surface area contributed by atoms with Gasteiger partial charge in [0.25, 0.3) is 0 Å². The van der Waals surface area contributed by atoms with Crippen LogP contribution in [0.3, 0.4) is 0 Å². The molecule has 0 saturated heterocycles. The fourth-order valence-electron chi connectivity index (χ4n) is 18.8. The van der Waals surface area contributed by atoms with Gasteiger partial charge in [0.05, 0.1) is 57.0 Å². The normalized spacial score (nSPS) is 12.5. The van der Waals surface area contributed by atoms with Gasteiger partial charge < -0.3 is 28.4 Å². The number of methoxy groups -OCH3 is 2. The number of rotatable bonds is 22. The summed E-state index contributed by atoms with van der Waals surface area (Å²) in [7, 11) is 2.78. The van der Waals surface area contributed by atoms with Crippen LogP contribution in [0.5, 0.6) is 46.0 Å². The van der Waals surface area contributed by atoms with E-state index in [1.54, 1.807) is 35.6 Å². The van der Waals surface area contributed by atoms with Crippen LogP contribution in [-0.2, 0) is 20.3 Å². The second-order valence-corrected chi connectivity index (χ2v) is 32.7. The molecule has 2 aliphatic rings. The third kappa shape index (κ3) is 13.4. The Kier molecular flexibility index (Phi) is 19.7. The van der Waals surface area contributed by atoms with Gasteiger partial charge in [-0.1, -0.05) is 281 Å². The fraction of sp³-hybridized carbons (Fsp3) is 0.0345. The molecule has 11 heteroatoms. The van der Waals surface area contributed by atoms with Crippen LogP contribution < -0.4 is 18.9 Å². The average molecular weight is 1660 g/mol. The topological polar surface area (TPSA) is 115 Å². The van der Waals surface area contributed by atoms with Gasteiger partial charge in [0.1, 0.15) is 57.0 Å². The molecule has 0 saturated carbocycles. The smallest absolute Gasteiger partial charge is 0.337 e. The van der Waals surface area contributed by atoms with Crippen molar-refractivity contribution < 1.29 is 38.0 Å². The number of nitrogens with zero attached hydrogens (tertiary/aromatic N) is 2. The second-order valence-electron chi connectivity index (χ2n) is 31.7. The van der Waals surface area contributed by atoms with Crippen molar-refractivity contribution in [2.75, 3.05) is 14.2 Å². The molecule has 0 bridgehead atoms. The zero-order valence-corrected chi connectivity index (χ0v) is 70.2. The van der Waals surface area contributed by atoms with Gasteiger partial charge in [-0.15, -0.1) is 11.3 Å². The molecule has 21 rings (SSSR count). The number of carbonyl (C=O) groups is 2. The Labute approximate surface area is 738 Å². The molecule has 0 amide bonds. The van der Waals surface area contributed by atoms with Crippen LogP contribution in [0.2, 0.25) is 0 Å². The molecule has 0 fully saturated rings. The second kappa shape index (κ2) is 32.2. The predicted octanol–water partition coefficient (Wildman–Crippen LogP) is 29.9. The number of thiophene rings is 1. The highest BCUT2D eigenvalue weighted by molar-refractivity contribution is 7.21. The lowest BCUT2D eigenvalue weighted by Crippen LogP contribution is -2.28. The molecular formula is C116H78N2O8S. The van der Waals surface area contributed by atoms with Crippen molar-refractivity contribution in [1.82, 2.24) is 9.97 Å². The van der Waals surface area contributed by atoms with E-state index in [-0.39, 0.29) is 0 Å². The van der Waals surface area contributed by atoms with E-state index < -0.39 is 22.8 Å². The predicted molar refractivity (Wildman–Crippen MR) is 515 cm³/mol. The van der Waals surface area contributed by atoms with Crippen molar-refractivity contribution >= 4 is 91.2 Å². The summed E-state index contributed by atoms with van der Waals surface area (Å²) in [5.41, 5.74) is 24.3. The van der Waals surface area contributed by atoms with Crippen LogP contribution in [0.15, 0.2) is 390 Å². The molecule has 0 N–H and O–H groups in total. The number of fused-ring (bicyclic) bond motifs is 13. The Balaban J connectivity index is 0.820. The van der Waals surface area contributed by atoms with Crippen molar-refractivity contribution in [2.45, 2.75) is 10.8 Å². The van der Waals surface area contributed by atoms with Gasteiger partial charge in [-0.05, 0) is 256 Å². The monoisotopic (exact) mass is 1660 g/mol. The molecule has 2 aliphatic carbocycles. The Morgan fingerprint density at radius 2 is 0.543 bits per heavy atom. The zero-order valence-electron chi connectivity index (χ0n) is 69.3. The number of aromatic nitrogens is 2. The zero-order chi connectivity index (χ0) is 86.0. The van der Waals surface area contributed by atoms with E-state index in [0.717, 1.165) is 165 Å². The molecule has 127 heavy (non-hydrogen) atoms. The van der Waals surface area contributed by atoms with E-state index in [1.165, 1.54) is 14.2 Å². The summed E-state index contributed by atoms with van der Waals surface area (Å²) in [6, 6.07) is 125. The first kappa shape index (κ1) is 77.9. The molecule has 606 valence electrons. The number of carbonyl (C=O) groups excluding carboxylic acids is 2. The molecular weight excluding hydrogens is 1580 g/mol. The SMILES string of the molecule is C=Cc1ccc(Oc2ccc(C3(c4ccc(Oc5ccc(C=C)cc5)cc4)c4ccccc4-c4c(-c5sc(-c6cccc7c6-c6ccccc6C7(c6ccc(Oc7ccc(C=C)cc7)cc6)c6ccc(Oc7ccc(C=C)cc7)cc6)c6nc7c8ccc(-c9ccc(C(=O)OC)cc9)cc8c8cc(-c9ccc(C(=O)OC)cc9)ccc8c7nc56)cccc43)cc2)cc1. The molecule has 0 radical (unpaired) electrons. The minimum Gasteiger partial charge on any atom is -0.465 e. The molecule has 2 heterocycles. The van der Waals surface area contributed by atoms with Gasteiger partial charge in [-0.3, -0.25) is 0 Å². The minimum atomic E-state index is -0.921. The van der Waals surface area contributed by atoms with Gasteiger partial charge >= 0.3 is 11.9 Å². The van der Waals surface area contributed by atoms with E-state index in [0.29, 0.717) is 68.2 Å². The van der Waals surface area contributed by atoms with E-state index in [2.05, 4.69) is 245 Å². The van der Waals surface area contributed by atoms with Gasteiger partial charge in [0.2, 0.25) is 0 Å². The average Bonchev–Trinajstić information content (AvgIpc) is 1.53. The first-order valence-electron chi connectivity index (χ1n) is 41.9. The quantitative estimate of drug-likeness (QED) is 0.0480. The molecule has 0 aliphatic heterocycles. The van der Waals surface area contributed by atoms with Crippen LogP contribution >= 0.6 is 11.3 Å². The Hall–Kier alpha value is -16.3. The highest BCUT2D eigenvalue weighted by Crippen LogP contribution is 2.63. The van der Waals surface area contributed by atoms with E-state index in [4.69, 9.17) is 38.4 Å². The van der Waals surface area contributed by atoms with E-state index >= 15 is 0 Å². The standard InChI is InChI=1S/C116H78N2O8S/c1-7-71-25-51-85(52-26-71)123-89-59-43-81(44-60-89)115(82-45-61-90(62-46-82)124-86-53-27-72(8-2)28-54-86)101-21-13-11-17-95(101)105-97(19-15-23-103(105)115)111-109-110(118-108-94-68-42-80(76-35-39-78(40-36-76)114(120)122-6)70-100(94)99-69-79(41-67-93(99)107(108)117-109)75-33-37-77(38-34-75)113(119)121-5)112(127-111)98-20-16-24-104-106(98)96-18-12-14-22-102(96)116(104,83-47-63-91(64-48-83)125-87-55-29-73(9-3)30-56-87)84-49-65-92(66-50-84)126-88-57-31-74(10-4)32-58-88/h7-70H,1-4H2,5-6H3. The maximum atomic E-state index is 12.9. The van der Waals surface area contributed by atoms with Crippen molar-refractivity contribution in [3.8, 4) is 111 Å². The van der Waals surface area contributed by atoms with Crippen LogP contribution in [0.1, 0.15) is 87.5 Å². The summed E-state index contributed by atoms with van der Waals surface area (Å²) in [4.78, 5) is 40.1. The van der Waals surface area contributed by atoms with Crippen molar-refractivity contribution in [2.24, 2.45) is 0 Å². The summed E-state index contributed by atoms with van der Waals surface area (Å²) < 4.78 is 36.8. The van der Waals surface area contributed by atoms with Gasteiger partial charge in [-0.25, -0.2) is 19.6 Å². The van der Waals surface area contributed by atoms with Crippen LogP contribution in [0.4, 0.5) is 0 Å². The lowest BCUT2D eigenvalue weighted by atomic mass is 9.67. The molecule has 2 aromatic heterocycles. The van der Waals surface area contributed by atoms with Crippen LogP contribution in [0.25, 0.3) is 133 Å². The maximum Gasteiger partial charge on any atom is 0.337 e. The summed E-state index contributed by atoms with van der Waals surface area (Å²) in [6.07, 6.45) is 7.30. The third-order valence-electron chi connectivity index (χ3n) is 24.8. The highest BCUT2D eigenvalue weighted by Gasteiger charge is 2.50. The van der Waals surface area contributed by atoms with Gasteiger partial charge in [0, 0.05) is 21.9 Å². The number of ether oxygens (including phenoxy) is 6. The van der Waals surface area contributed by atoms with Gasteiger partial charge in [0.15, 0.2) is 0 Å². The first-order chi connectivity index (χ1) is 62.4. The maximum absolute atomic E-state index is 12.9. The van der Waals surface area contributed by atoms with Crippen LogP contribution in [0, 0.1) is 0 Å². The summed E-state index contributed by atoms with van der Waals surface area (Å²) >= 11 is 1.72. The fourth-order valence-corrected chi connectivity index (χ4v) is 20.0. The van der Waals surface area contributed by atoms with Crippen molar-refractivity contribution in [3.05, 3.63) is 468 Å². The number of hydrogen-bond acceptors (Lipinski definition) is 11. The molecule has 10 nitrogen and oxygen atoms in total. The summed E-state index contributed by atoms with van der Waals surface area (Å²) in [5, 5.41) is 3.65. The number of benzene rings is 17. The van der Waals surface area contributed by atoms with Crippen LogP contribution in [-0.4, -0.2) is 36.1 Å². The Morgan fingerprint density at radius 1 is 0.276 bits per heavy atom. The first-order valence-corrected chi connectivity index (χ1v) is 42.8. The molecule has 0 spiro atoms. The minimum absolute atomic E-state index is 0.417. The third-order valence-corrected chi connectivity index (χ3v) is 26.1. The van der Waals surface area contributed by atoms with E-state index in [9.17, 15) is 9.59 Å². The molecule has 19 aromatic rings.